The number of nitro benzene ring substituents is 1. The van der Waals surface area contributed by atoms with Gasteiger partial charge in [-0.15, -0.1) is 0 Å². The summed E-state index contributed by atoms with van der Waals surface area (Å²) in [6.07, 6.45) is 7.65. The van der Waals surface area contributed by atoms with Crippen LogP contribution in [0, 0.1) is 10.1 Å². The van der Waals surface area contributed by atoms with Gasteiger partial charge in [0.25, 0.3) is 5.69 Å². The number of amides is 1. The lowest BCUT2D eigenvalue weighted by molar-refractivity contribution is -0.383. The van der Waals surface area contributed by atoms with E-state index in [0.29, 0.717) is 18.3 Å². The van der Waals surface area contributed by atoms with Crippen LogP contribution >= 0.6 is 0 Å². The predicted octanol–water partition coefficient (Wildman–Crippen LogP) is 2.44. The van der Waals surface area contributed by atoms with Crippen LogP contribution < -0.4 is 16.0 Å². The highest BCUT2D eigenvalue weighted by molar-refractivity contribution is 5.81. The maximum Gasteiger partial charge on any atom is 0.292 e. The summed E-state index contributed by atoms with van der Waals surface area (Å²) >= 11 is 0. The molecule has 2 rings (SSSR count). The number of carbonyl (C=O) groups is 1. The van der Waals surface area contributed by atoms with Gasteiger partial charge in [0.2, 0.25) is 5.91 Å². The number of nitro groups is 1. The van der Waals surface area contributed by atoms with E-state index in [0.717, 1.165) is 6.54 Å². The molecule has 0 atom stereocenters. The number of anilines is 1. The Morgan fingerprint density at radius 1 is 1.12 bits per heavy atom. The molecule has 132 valence electrons. The lowest BCUT2D eigenvalue weighted by atomic mass is 10.1. The second-order valence-electron chi connectivity index (χ2n) is 6.12. The van der Waals surface area contributed by atoms with Crippen molar-refractivity contribution in [3.05, 3.63) is 34.4 Å². The van der Waals surface area contributed by atoms with Crippen LogP contribution in [0.2, 0.25) is 0 Å². The summed E-state index contributed by atoms with van der Waals surface area (Å²) in [7, 11) is 0. The monoisotopic (exact) mass is 334 g/mol. The Balaban J connectivity index is 1.64. The normalized spacial score (nSPS) is 15.5. The number of nitrogens with one attached hydrogen (secondary N) is 3. The van der Waals surface area contributed by atoms with Gasteiger partial charge in [0, 0.05) is 25.2 Å². The van der Waals surface area contributed by atoms with Gasteiger partial charge in [-0.25, -0.2) is 0 Å². The minimum absolute atomic E-state index is 0.0221. The minimum atomic E-state index is -0.461. The quantitative estimate of drug-likeness (QED) is 0.294. The van der Waals surface area contributed by atoms with E-state index in [9.17, 15) is 14.9 Å². The Bertz CT molecular complexity index is 542. The van der Waals surface area contributed by atoms with Crippen molar-refractivity contribution < 1.29 is 9.72 Å². The van der Waals surface area contributed by atoms with Gasteiger partial charge in [-0.3, -0.25) is 14.9 Å². The standard InChI is InChI=1S/C17H26N4O3/c22-17(13-20-15-9-5-6-10-16(15)21(23)24)19-12-11-18-14-7-3-1-2-4-8-14/h5-6,9-10,14,18,20H,1-4,7-8,11-13H2,(H,19,22). The number of para-hydroxylation sites is 2. The molecular formula is C17H26N4O3. The van der Waals surface area contributed by atoms with Gasteiger partial charge in [0.1, 0.15) is 5.69 Å². The molecule has 1 aromatic carbocycles. The molecule has 0 spiro atoms. The summed E-state index contributed by atoms with van der Waals surface area (Å²) < 4.78 is 0. The second-order valence-corrected chi connectivity index (χ2v) is 6.12. The maximum absolute atomic E-state index is 11.8. The fourth-order valence-corrected chi connectivity index (χ4v) is 2.98. The van der Waals surface area contributed by atoms with Crippen LogP contribution in [-0.2, 0) is 4.79 Å². The number of hydrogen-bond acceptors (Lipinski definition) is 5. The van der Waals surface area contributed by atoms with Gasteiger partial charge in [-0.2, -0.15) is 0 Å². The molecule has 0 saturated heterocycles. The third kappa shape index (κ3) is 6.16. The molecule has 24 heavy (non-hydrogen) atoms. The molecule has 7 heteroatoms. The number of rotatable bonds is 8. The van der Waals surface area contributed by atoms with E-state index >= 15 is 0 Å². The zero-order valence-electron chi connectivity index (χ0n) is 13.9. The SMILES string of the molecule is O=C(CNc1ccccc1[N+](=O)[O-])NCCNC1CCCCCC1. The highest BCUT2D eigenvalue weighted by Gasteiger charge is 2.13. The summed E-state index contributed by atoms with van der Waals surface area (Å²) in [6, 6.07) is 6.87. The summed E-state index contributed by atoms with van der Waals surface area (Å²) in [6.45, 7) is 1.34. The molecule has 1 fully saturated rings. The Labute approximate surface area is 142 Å². The molecule has 0 bridgehead atoms. The zero-order chi connectivity index (χ0) is 17.2. The topological polar surface area (TPSA) is 96.3 Å². The second kappa shape index (κ2) is 9.87. The van der Waals surface area contributed by atoms with Crippen molar-refractivity contribution in [3.8, 4) is 0 Å². The van der Waals surface area contributed by atoms with Crippen LogP contribution in [0.25, 0.3) is 0 Å². The first-order valence-corrected chi connectivity index (χ1v) is 8.64. The van der Waals surface area contributed by atoms with Crippen LogP contribution in [0.5, 0.6) is 0 Å². The van der Waals surface area contributed by atoms with E-state index in [1.54, 1.807) is 18.2 Å². The first kappa shape index (κ1) is 18.2. The molecule has 1 aromatic rings. The molecule has 0 unspecified atom stereocenters. The zero-order valence-corrected chi connectivity index (χ0v) is 13.9. The Morgan fingerprint density at radius 2 is 1.83 bits per heavy atom. The first-order valence-electron chi connectivity index (χ1n) is 8.64. The summed E-state index contributed by atoms with van der Waals surface area (Å²) in [5, 5.41) is 20.0. The summed E-state index contributed by atoms with van der Waals surface area (Å²) in [5.74, 6) is -0.171. The predicted molar refractivity (Wildman–Crippen MR) is 94.1 cm³/mol. The van der Waals surface area contributed by atoms with Crippen LogP contribution in [0.15, 0.2) is 24.3 Å². The third-order valence-corrected chi connectivity index (χ3v) is 4.28. The molecule has 1 aliphatic carbocycles. The number of nitrogens with zero attached hydrogens (tertiary/aromatic N) is 1. The average Bonchev–Trinajstić information content (AvgIpc) is 2.86. The summed E-state index contributed by atoms with van der Waals surface area (Å²) in [5.41, 5.74) is 0.328. The van der Waals surface area contributed by atoms with Crippen molar-refractivity contribution in [1.29, 1.82) is 0 Å². The number of hydrogen-bond donors (Lipinski definition) is 3. The molecule has 1 saturated carbocycles. The number of benzene rings is 1. The lowest BCUT2D eigenvalue weighted by Crippen LogP contribution is -2.38. The Kier molecular flexibility index (Phi) is 7.48. The van der Waals surface area contributed by atoms with Crippen LogP contribution in [0.1, 0.15) is 38.5 Å². The molecule has 3 N–H and O–H groups in total. The largest absolute Gasteiger partial charge is 0.371 e. The molecule has 0 aliphatic heterocycles. The van der Waals surface area contributed by atoms with Gasteiger partial charge in [0.05, 0.1) is 11.5 Å². The number of carbonyl (C=O) groups excluding carboxylic acids is 1. The maximum atomic E-state index is 11.8. The highest BCUT2D eigenvalue weighted by Crippen LogP contribution is 2.22. The first-order chi connectivity index (χ1) is 11.7. The van der Waals surface area contributed by atoms with Crippen molar-refractivity contribution >= 4 is 17.3 Å². The van der Waals surface area contributed by atoms with Crippen LogP contribution in [0.4, 0.5) is 11.4 Å². The fraction of sp³-hybridized carbons (Fsp3) is 0.588. The smallest absolute Gasteiger partial charge is 0.292 e. The highest BCUT2D eigenvalue weighted by atomic mass is 16.6. The van der Waals surface area contributed by atoms with Crippen molar-refractivity contribution in [2.75, 3.05) is 25.0 Å². The van der Waals surface area contributed by atoms with Gasteiger partial charge in [-0.05, 0) is 18.9 Å². The third-order valence-electron chi connectivity index (χ3n) is 4.28. The van der Waals surface area contributed by atoms with Gasteiger partial charge in [-0.1, -0.05) is 37.8 Å². The van der Waals surface area contributed by atoms with E-state index < -0.39 is 4.92 Å². The molecule has 0 radical (unpaired) electrons. The van der Waals surface area contributed by atoms with E-state index in [4.69, 9.17) is 0 Å². The minimum Gasteiger partial charge on any atom is -0.371 e. The molecular weight excluding hydrogens is 308 g/mol. The van der Waals surface area contributed by atoms with Gasteiger partial charge < -0.3 is 16.0 Å². The van der Waals surface area contributed by atoms with Crippen LogP contribution in [-0.4, -0.2) is 36.5 Å². The average molecular weight is 334 g/mol. The van der Waals surface area contributed by atoms with Crippen molar-refractivity contribution in [1.82, 2.24) is 10.6 Å². The van der Waals surface area contributed by atoms with E-state index in [2.05, 4.69) is 16.0 Å². The Hall–Kier alpha value is -2.15. The molecule has 0 aromatic heterocycles. The molecule has 1 aliphatic rings. The van der Waals surface area contributed by atoms with Gasteiger partial charge in [0.15, 0.2) is 0 Å². The molecule has 7 nitrogen and oxygen atoms in total. The lowest BCUT2D eigenvalue weighted by Gasteiger charge is -2.16. The fourth-order valence-electron chi connectivity index (χ4n) is 2.98. The van der Waals surface area contributed by atoms with Crippen molar-refractivity contribution in [2.24, 2.45) is 0 Å². The summed E-state index contributed by atoms with van der Waals surface area (Å²) in [4.78, 5) is 22.3. The van der Waals surface area contributed by atoms with E-state index in [-0.39, 0.29) is 18.1 Å². The molecule has 0 heterocycles. The molecule has 1 amide bonds. The van der Waals surface area contributed by atoms with E-state index in [1.165, 1.54) is 44.6 Å². The van der Waals surface area contributed by atoms with Crippen molar-refractivity contribution in [3.63, 3.8) is 0 Å². The van der Waals surface area contributed by atoms with E-state index in [1.807, 2.05) is 0 Å². The Morgan fingerprint density at radius 3 is 2.54 bits per heavy atom. The van der Waals surface area contributed by atoms with Crippen molar-refractivity contribution in [2.45, 2.75) is 44.6 Å². The van der Waals surface area contributed by atoms with Gasteiger partial charge >= 0.3 is 0 Å². The van der Waals surface area contributed by atoms with Crippen LogP contribution in [0.3, 0.4) is 0 Å².